The molecule has 0 heterocycles. The molecule has 2 unspecified atom stereocenters. The number of benzene rings is 2. The Kier molecular flexibility index (Phi) is 6.97. The van der Waals surface area contributed by atoms with Crippen molar-refractivity contribution in [3.05, 3.63) is 65.0 Å². The Morgan fingerprint density at radius 3 is 2.71 bits per heavy atom. The van der Waals surface area contributed by atoms with E-state index in [9.17, 15) is 12.8 Å². The fourth-order valence-electron chi connectivity index (χ4n) is 4.89. The third kappa shape index (κ3) is 5.29. The van der Waals surface area contributed by atoms with Gasteiger partial charge in [0, 0.05) is 6.54 Å². The number of rotatable bonds is 10. The van der Waals surface area contributed by atoms with Crippen LogP contribution in [0.1, 0.15) is 61.6 Å². The van der Waals surface area contributed by atoms with E-state index in [0.717, 1.165) is 56.3 Å². The number of fused-ring (bicyclic) bond motifs is 1. The maximum absolute atomic E-state index is 13.7. The molecular weight excluding hydrogens is 413 g/mol. The van der Waals surface area contributed by atoms with E-state index in [1.165, 1.54) is 17.2 Å². The SMILES string of the molecule is CCCC1Cc2ccc(OCCNS(=O)(=O)C3CCC3)cc2C1Cc1cccc(F)c1. The lowest BCUT2D eigenvalue weighted by molar-refractivity contribution is 0.321. The minimum absolute atomic E-state index is 0.191. The second-order valence-corrected chi connectivity index (χ2v) is 10.9. The smallest absolute Gasteiger partial charge is 0.214 e. The minimum atomic E-state index is -3.21. The summed E-state index contributed by atoms with van der Waals surface area (Å²) in [5.41, 5.74) is 3.66. The van der Waals surface area contributed by atoms with Crippen LogP contribution in [0.25, 0.3) is 0 Å². The van der Waals surface area contributed by atoms with Gasteiger partial charge in [-0.05, 0) is 84.9 Å². The zero-order valence-corrected chi connectivity index (χ0v) is 19.0. The largest absolute Gasteiger partial charge is 0.492 e. The number of hydrogen-bond donors (Lipinski definition) is 1. The average Bonchev–Trinajstić information content (AvgIpc) is 3.01. The predicted octanol–water partition coefficient (Wildman–Crippen LogP) is 4.98. The van der Waals surface area contributed by atoms with E-state index in [2.05, 4.69) is 23.8 Å². The van der Waals surface area contributed by atoms with Crippen molar-refractivity contribution in [2.75, 3.05) is 13.2 Å². The Morgan fingerprint density at radius 2 is 2.00 bits per heavy atom. The van der Waals surface area contributed by atoms with Crippen molar-refractivity contribution in [1.29, 1.82) is 0 Å². The molecule has 2 atom stereocenters. The topological polar surface area (TPSA) is 55.4 Å². The van der Waals surface area contributed by atoms with Gasteiger partial charge in [0.25, 0.3) is 0 Å². The summed E-state index contributed by atoms with van der Waals surface area (Å²) in [7, 11) is -3.21. The first-order valence-electron chi connectivity index (χ1n) is 11.4. The molecule has 0 radical (unpaired) electrons. The molecule has 1 saturated carbocycles. The Hall–Kier alpha value is -1.92. The molecule has 0 amide bonds. The highest BCUT2D eigenvalue weighted by Gasteiger charge is 2.33. The van der Waals surface area contributed by atoms with Crippen molar-refractivity contribution >= 4 is 10.0 Å². The van der Waals surface area contributed by atoms with Gasteiger partial charge in [-0.2, -0.15) is 0 Å². The fourth-order valence-corrected chi connectivity index (χ4v) is 6.45. The fraction of sp³-hybridized carbons (Fsp3) is 0.520. The van der Waals surface area contributed by atoms with E-state index >= 15 is 0 Å². The average molecular weight is 446 g/mol. The highest BCUT2D eigenvalue weighted by atomic mass is 32.2. The van der Waals surface area contributed by atoms with E-state index in [-0.39, 0.29) is 17.6 Å². The van der Waals surface area contributed by atoms with Crippen LogP contribution in [0.5, 0.6) is 5.75 Å². The molecular formula is C25H32FNO3S. The predicted molar refractivity (Wildman–Crippen MR) is 121 cm³/mol. The van der Waals surface area contributed by atoms with Crippen LogP contribution in [0.15, 0.2) is 42.5 Å². The Morgan fingerprint density at radius 1 is 1.16 bits per heavy atom. The van der Waals surface area contributed by atoms with Crippen LogP contribution in [-0.4, -0.2) is 26.8 Å². The zero-order chi connectivity index (χ0) is 21.8. The van der Waals surface area contributed by atoms with Gasteiger partial charge >= 0.3 is 0 Å². The summed E-state index contributed by atoms with van der Waals surface area (Å²) < 4.78 is 46.5. The molecule has 0 aromatic heterocycles. The van der Waals surface area contributed by atoms with Gasteiger partial charge < -0.3 is 4.74 Å². The number of sulfonamides is 1. The van der Waals surface area contributed by atoms with Gasteiger partial charge in [0.05, 0.1) is 5.25 Å². The van der Waals surface area contributed by atoms with E-state index < -0.39 is 10.0 Å². The Labute approximate surface area is 185 Å². The van der Waals surface area contributed by atoms with Crippen molar-refractivity contribution in [2.45, 2.75) is 63.0 Å². The molecule has 2 aliphatic carbocycles. The van der Waals surface area contributed by atoms with Crippen LogP contribution >= 0.6 is 0 Å². The standard InChI is InChI=1S/C25H32FNO3S/c1-2-5-19-16-20-10-11-22(30-13-12-27-31(28,29)23-8-4-9-23)17-25(20)24(19)15-18-6-3-7-21(26)14-18/h3,6-7,10-11,14,17,19,23-24,27H,2,4-5,8-9,12-13,15-16H2,1H3. The summed E-state index contributed by atoms with van der Waals surface area (Å²) in [6, 6.07) is 13.1. The number of ether oxygens (including phenoxy) is 1. The quantitative estimate of drug-likeness (QED) is 0.525. The molecule has 2 aliphatic rings. The highest BCUT2D eigenvalue weighted by molar-refractivity contribution is 7.90. The molecule has 1 N–H and O–H groups in total. The maximum atomic E-state index is 13.7. The second kappa shape index (κ2) is 9.70. The lowest BCUT2D eigenvalue weighted by atomic mass is 9.84. The highest BCUT2D eigenvalue weighted by Crippen LogP contribution is 2.43. The zero-order valence-electron chi connectivity index (χ0n) is 18.1. The molecule has 0 saturated heterocycles. The van der Waals surface area contributed by atoms with Crippen molar-refractivity contribution in [3.63, 3.8) is 0 Å². The van der Waals surface area contributed by atoms with Gasteiger partial charge in [-0.3, -0.25) is 0 Å². The second-order valence-electron chi connectivity index (χ2n) is 8.89. The molecule has 4 rings (SSSR count). The van der Waals surface area contributed by atoms with Gasteiger partial charge in [0.15, 0.2) is 0 Å². The van der Waals surface area contributed by atoms with Gasteiger partial charge in [-0.25, -0.2) is 17.5 Å². The molecule has 0 spiro atoms. The Bertz CT molecular complexity index is 1000. The molecule has 0 bridgehead atoms. The first-order valence-corrected chi connectivity index (χ1v) is 13.0. The van der Waals surface area contributed by atoms with Crippen LogP contribution in [0.3, 0.4) is 0 Å². The summed E-state index contributed by atoms with van der Waals surface area (Å²) >= 11 is 0. The summed E-state index contributed by atoms with van der Waals surface area (Å²) in [5, 5.41) is -0.230. The van der Waals surface area contributed by atoms with E-state index in [1.807, 2.05) is 12.1 Å². The summed E-state index contributed by atoms with van der Waals surface area (Å²) in [6.45, 7) is 2.79. The summed E-state index contributed by atoms with van der Waals surface area (Å²) in [5.74, 6) is 1.47. The Balaban J connectivity index is 1.41. The van der Waals surface area contributed by atoms with Gasteiger partial charge in [0.1, 0.15) is 18.2 Å². The summed E-state index contributed by atoms with van der Waals surface area (Å²) in [4.78, 5) is 0. The van der Waals surface area contributed by atoms with Gasteiger partial charge in [0.2, 0.25) is 10.0 Å². The monoisotopic (exact) mass is 445 g/mol. The lowest BCUT2D eigenvalue weighted by Crippen LogP contribution is -2.40. The normalized spacial score (nSPS) is 21.0. The van der Waals surface area contributed by atoms with Crippen molar-refractivity contribution in [3.8, 4) is 5.75 Å². The first kappa shape index (κ1) is 22.3. The molecule has 4 nitrogen and oxygen atoms in total. The number of halogens is 1. The first-order chi connectivity index (χ1) is 15.0. The molecule has 31 heavy (non-hydrogen) atoms. The van der Waals surface area contributed by atoms with Crippen molar-refractivity contribution < 1.29 is 17.5 Å². The molecule has 2 aromatic rings. The van der Waals surface area contributed by atoms with Crippen molar-refractivity contribution in [2.24, 2.45) is 5.92 Å². The number of hydrogen-bond acceptors (Lipinski definition) is 3. The van der Waals surface area contributed by atoms with Crippen LogP contribution in [0.4, 0.5) is 4.39 Å². The summed E-state index contributed by atoms with van der Waals surface area (Å²) in [6.07, 6.45) is 6.65. The van der Waals surface area contributed by atoms with Gasteiger partial charge in [-0.15, -0.1) is 0 Å². The third-order valence-corrected chi connectivity index (χ3v) is 8.69. The van der Waals surface area contributed by atoms with E-state index in [0.29, 0.717) is 18.4 Å². The minimum Gasteiger partial charge on any atom is -0.492 e. The molecule has 2 aromatic carbocycles. The van der Waals surface area contributed by atoms with Crippen LogP contribution in [-0.2, 0) is 22.9 Å². The maximum Gasteiger partial charge on any atom is 0.214 e. The van der Waals surface area contributed by atoms with Gasteiger partial charge in [-0.1, -0.05) is 38.0 Å². The molecule has 6 heteroatoms. The molecule has 1 fully saturated rings. The van der Waals surface area contributed by atoms with E-state index in [1.54, 1.807) is 12.1 Å². The lowest BCUT2D eigenvalue weighted by Gasteiger charge is -2.25. The molecule has 0 aliphatic heterocycles. The van der Waals surface area contributed by atoms with Crippen LogP contribution in [0.2, 0.25) is 0 Å². The van der Waals surface area contributed by atoms with Crippen molar-refractivity contribution in [1.82, 2.24) is 4.72 Å². The van der Waals surface area contributed by atoms with Crippen LogP contribution in [0, 0.1) is 11.7 Å². The number of nitrogens with one attached hydrogen (secondary N) is 1. The third-order valence-electron chi connectivity index (χ3n) is 6.74. The molecule has 168 valence electrons. The van der Waals surface area contributed by atoms with E-state index in [4.69, 9.17) is 4.74 Å². The van der Waals surface area contributed by atoms with Crippen LogP contribution < -0.4 is 9.46 Å².